The van der Waals surface area contributed by atoms with Crippen molar-refractivity contribution in [2.75, 3.05) is 0 Å². The van der Waals surface area contributed by atoms with Crippen LogP contribution in [0.25, 0.3) is 11.1 Å². The number of Topliss-reactive ketones (excluding diaryl/α,β-unsaturated/α-hetero) is 1. The summed E-state index contributed by atoms with van der Waals surface area (Å²) in [6.07, 6.45) is 0. The third-order valence-electron chi connectivity index (χ3n) is 2.24. The zero-order valence-electron chi connectivity index (χ0n) is 8.20. The highest BCUT2D eigenvalue weighted by Crippen LogP contribution is 2.24. The molecule has 78 valence electrons. The molecule has 0 spiro atoms. The highest BCUT2D eigenvalue weighted by molar-refractivity contribution is 6.35. The summed E-state index contributed by atoms with van der Waals surface area (Å²) in [5, 5.41) is 0.339. The van der Waals surface area contributed by atoms with Gasteiger partial charge in [-0.1, -0.05) is 11.6 Å². The molecule has 2 rings (SSSR count). The molecule has 0 N–H and O–H groups in total. The van der Waals surface area contributed by atoms with E-state index >= 15 is 0 Å². The molecular formula is C10H8ClNO3. The van der Waals surface area contributed by atoms with E-state index in [0.29, 0.717) is 21.7 Å². The zero-order chi connectivity index (χ0) is 11.2. The Morgan fingerprint density at radius 1 is 1.47 bits per heavy atom. The lowest BCUT2D eigenvalue weighted by molar-refractivity contribution is 0.101. The summed E-state index contributed by atoms with van der Waals surface area (Å²) in [6, 6.07) is 3.05. The minimum Gasteiger partial charge on any atom is -0.408 e. The second-order valence-corrected chi connectivity index (χ2v) is 3.70. The Kier molecular flexibility index (Phi) is 2.16. The number of nitrogens with zero attached hydrogens (tertiary/aromatic N) is 1. The third-order valence-corrected chi connectivity index (χ3v) is 2.53. The summed E-state index contributed by atoms with van der Waals surface area (Å²) >= 11 is 5.95. The number of ketones is 1. The third kappa shape index (κ3) is 1.47. The fourth-order valence-corrected chi connectivity index (χ4v) is 1.77. The molecule has 4 nitrogen and oxygen atoms in total. The molecule has 0 aliphatic carbocycles. The molecule has 1 aromatic heterocycles. The van der Waals surface area contributed by atoms with E-state index in [1.165, 1.54) is 23.6 Å². The molecule has 0 saturated carbocycles. The van der Waals surface area contributed by atoms with Crippen LogP contribution in [0.2, 0.25) is 5.02 Å². The van der Waals surface area contributed by atoms with Gasteiger partial charge in [0, 0.05) is 12.6 Å². The molecule has 0 unspecified atom stereocenters. The highest BCUT2D eigenvalue weighted by Gasteiger charge is 2.12. The largest absolute Gasteiger partial charge is 0.419 e. The first kappa shape index (κ1) is 9.98. The lowest BCUT2D eigenvalue weighted by Gasteiger charge is -1.98. The van der Waals surface area contributed by atoms with Gasteiger partial charge in [-0.2, -0.15) is 0 Å². The van der Waals surface area contributed by atoms with Crippen LogP contribution in [0.1, 0.15) is 17.3 Å². The van der Waals surface area contributed by atoms with Crippen LogP contribution in [0.15, 0.2) is 21.3 Å². The molecule has 0 aliphatic heterocycles. The molecule has 0 fully saturated rings. The first-order valence-corrected chi connectivity index (χ1v) is 4.68. The minimum atomic E-state index is -0.493. The van der Waals surface area contributed by atoms with Crippen molar-refractivity contribution < 1.29 is 9.21 Å². The first-order chi connectivity index (χ1) is 7.00. The van der Waals surface area contributed by atoms with Crippen molar-refractivity contribution in [3.63, 3.8) is 0 Å². The van der Waals surface area contributed by atoms with Crippen molar-refractivity contribution in [2.24, 2.45) is 7.05 Å². The number of hydrogen-bond donors (Lipinski definition) is 0. The van der Waals surface area contributed by atoms with Gasteiger partial charge in [-0.15, -0.1) is 0 Å². The van der Waals surface area contributed by atoms with Gasteiger partial charge in [0.2, 0.25) is 0 Å². The van der Waals surface area contributed by atoms with Gasteiger partial charge in [-0.25, -0.2) is 4.79 Å². The second kappa shape index (κ2) is 3.24. The zero-order valence-corrected chi connectivity index (χ0v) is 8.96. The quantitative estimate of drug-likeness (QED) is 0.698. The predicted octanol–water partition coefficient (Wildman–Crippen LogP) is 1.99. The molecule has 0 bridgehead atoms. The van der Waals surface area contributed by atoms with Crippen molar-refractivity contribution in [3.8, 4) is 0 Å². The van der Waals surface area contributed by atoms with E-state index in [0.717, 1.165) is 0 Å². The number of halogens is 1. The van der Waals surface area contributed by atoms with Crippen LogP contribution >= 0.6 is 11.6 Å². The minimum absolute atomic E-state index is 0.120. The Labute approximate surface area is 90.1 Å². The maximum absolute atomic E-state index is 11.2. The lowest BCUT2D eigenvalue weighted by atomic mass is 10.1. The molecular weight excluding hydrogens is 218 g/mol. The van der Waals surface area contributed by atoms with Gasteiger partial charge in [0.05, 0.1) is 5.02 Å². The van der Waals surface area contributed by atoms with E-state index in [9.17, 15) is 9.59 Å². The number of aromatic nitrogens is 1. The van der Waals surface area contributed by atoms with Crippen LogP contribution in [0.5, 0.6) is 0 Å². The Morgan fingerprint density at radius 2 is 2.13 bits per heavy atom. The molecule has 0 aliphatic rings. The van der Waals surface area contributed by atoms with E-state index in [1.54, 1.807) is 7.05 Å². The van der Waals surface area contributed by atoms with E-state index in [4.69, 9.17) is 16.0 Å². The van der Waals surface area contributed by atoms with Gasteiger partial charge in [0.25, 0.3) is 0 Å². The van der Waals surface area contributed by atoms with Crippen molar-refractivity contribution in [2.45, 2.75) is 6.92 Å². The summed E-state index contributed by atoms with van der Waals surface area (Å²) in [7, 11) is 1.56. The summed E-state index contributed by atoms with van der Waals surface area (Å²) in [5.41, 5.74) is 1.27. The number of fused-ring (bicyclic) bond motifs is 1. The summed E-state index contributed by atoms with van der Waals surface area (Å²) in [5.74, 6) is -0.613. The van der Waals surface area contributed by atoms with Gasteiger partial charge < -0.3 is 4.42 Å². The van der Waals surface area contributed by atoms with Gasteiger partial charge in [0.1, 0.15) is 5.52 Å². The normalized spacial score (nSPS) is 10.9. The average molecular weight is 226 g/mol. The summed E-state index contributed by atoms with van der Waals surface area (Å²) in [6.45, 7) is 1.43. The number of oxazole rings is 1. The highest BCUT2D eigenvalue weighted by atomic mass is 35.5. The van der Waals surface area contributed by atoms with Crippen LogP contribution in [-0.4, -0.2) is 10.4 Å². The molecule has 1 heterocycles. The van der Waals surface area contributed by atoms with E-state index in [2.05, 4.69) is 0 Å². The topological polar surface area (TPSA) is 52.2 Å². The monoisotopic (exact) mass is 225 g/mol. The number of benzene rings is 1. The molecule has 15 heavy (non-hydrogen) atoms. The van der Waals surface area contributed by atoms with Crippen molar-refractivity contribution in [1.82, 2.24) is 4.57 Å². The number of rotatable bonds is 1. The molecule has 0 saturated heterocycles. The average Bonchev–Trinajstić information content (AvgIpc) is 2.42. The Bertz CT molecular complexity index is 609. The Morgan fingerprint density at radius 3 is 2.73 bits per heavy atom. The standard InChI is InChI=1S/C10H8ClNO3/c1-5(13)6-3-7(11)9-8(4-6)15-10(14)12(9)2/h3-4H,1-2H3. The molecule has 0 radical (unpaired) electrons. The van der Waals surface area contributed by atoms with Gasteiger partial charge in [-0.3, -0.25) is 9.36 Å². The summed E-state index contributed by atoms with van der Waals surface area (Å²) in [4.78, 5) is 22.4. The first-order valence-electron chi connectivity index (χ1n) is 4.30. The lowest BCUT2D eigenvalue weighted by Crippen LogP contribution is -2.08. The molecule has 5 heteroatoms. The van der Waals surface area contributed by atoms with Crippen LogP contribution in [0.4, 0.5) is 0 Å². The van der Waals surface area contributed by atoms with Crippen molar-refractivity contribution >= 4 is 28.5 Å². The van der Waals surface area contributed by atoms with E-state index < -0.39 is 5.76 Å². The SMILES string of the molecule is CC(=O)c1cc(Cl)c2c(c1)oc(=O)n2C. The molecule has 0 amide bonds. The number of hydrogen-bond acceptors (Lipinski definition) is 3. The number of carbonyl (C=O) groups excluding carboxylic acids is 1. The van der Waals surface area contributed by atoms with Gasteiger partial charge >= 0.3 is 5.76 Å². The van der Waals surface area contributed by atoms with Gasteiger partial charge in [-0.05, 0) is 19.1 Å². The second-order valence-electron chi connectivity index (χ2n) is 3.29. The molecule has 0 atom stereocenters. The number of carbonyl (C=O) groups is 1. The number of aryl methyl sites for hydroxylation is 1. The fraction of sp³-hybridized carbons (Fsp3) is 0.200. The van der Waals surface area contributed by atoms with Crippen LogP contribution < -0.4 is 5.76 Å². The predicted molar refractivity (Wildman–Crippen MR) is 56.5 cm³/mol. The van der Waals surface area contributed by atoms with Crippen LogP contribution in [-0.2, 0) is 7.05 Å². The van der Waals surface area contributed by atoms with Crippen LogP contribution in [0.3, 0.4) is 0 Å². The molecule has 1 aromatic carbocycles. The van der Waals surface area contributed by atoms with Crippen LogP contribution in [0, 0.1) is 0 Å². The van der Waals surface area contributed by atoms with Crippen molar-refractivity contribution in [1.29, 1.82) is 0 Å². The van der Waals surface area contributed by atoms with Gasteiger partial charge in [0.15, 0.2) is 11.4 Å². The maximum Gasteiger partial charge on any atom is 0.419 e. The van der Waals surface area contributed by atoms with E-state index in [-0.39, 0.29) is 5.78 Å². The fourth-order valence-electron chi connectivity index (χ4n) is 1.43. The van der Waals surface area contributed by atoms with E-state index in [1.807, 2.05) is 0 Å². The summed E-state index contributed by atoms with van der Waals surface area (Å²) < 4.78 is 6.25. The molecule has 2 aromatic rings. The smallest absolute Gasteiger partial charge is 0.408 e. The maximum atomic E-state index is 11.2. The Hall–Kier alpha value is -1.55. The van der Waals surface area contributed by atoms with Crippen molar-refractivity contribution in [3.05, 3.63) is 33.3 Å². The Balaban J connectivity index is 2.90.